The fourth-order valence-electron chi connectivity index (χ4n) is 0.327. The predicted octanol–water partition coefficient (Wildman–Crippen LogP) is 0.820. The first-order chi connectivity index (χ1) is 3.43. The molecule has 0 fully saturated rings. The highest BCUT2D eigenvalue weighted by molar-refractivity contribution is 4.76. The van der Waals surface area contributed by atoms with Crippen LogP contribution in [0, 0.1) is 6.80 Å². The second-order valence-corrected chi connectivity index (χ2v) is 1.11. The predicted molar refractivity (Wildman–Crippen MR) is 23.0 cm³/mol. The number of hydrogen-bond acceptors (Lipinski definition) is 1. The van der Waals surface area contributed by atoms with E-state index < -0.39 is 0 Å². The summed E-state index contributed by atoms with van der Waals surface area (Å²) in [6.07, 6.45) is 4.40. The van der Waals surface area contributed by atoms with E-state index >= 15 is 0 Å². The summed E-state index contributed by atoms with van der Waals surface area (Å²) in [6, 6.07) is 0. The lowest BCUT2D eigenvalue weighted by atomic mass is 10.9. The summed E-state index contributed by atoms with van der Waals surface area (Å²) >= 11 is 0. The highest BCUT2D eigenvalue weighted by Crippen LogP contribution is 1.85. The summed E-state index contributed by atoms with van der Waals surface area (Å²) < 4.78 is 12.6. The van der Waals surface area contributed by atoms with Gasteiger partial charge in [-0.05, 0) is 12.5 Å². The Balaban J connectivity index is 2.76. The van der Waals surface area contributed by atoms with Gasteiger partial charge < -0.3 is 9.55 Å². The van der Waals surface area contributed by atoms with Crippen LogP contribution >= 0.6 is 0 Å². The van der Waals surface area contributed by atoms with E-state index in [1.807, 2.05) is 0 Å². The fourth-order valence-corrected chi connectivity index (χ4v) is 0.327. The third kappa shape index (κ3) is 0.707. The highest BCUT2D eigenvalue weighted by Gasteiger charge is 1.68. The monoisotopic (exact) mass is 99.0 g/mol. The van der Waals surface area contributed by atoms with E-state index in [4.69, 9.17) is 0 Å². The summed E-state index contributed by atoms with van der Waals surface area (Å²) in [4.78, 5) is 3.58. The molecule has 0 unspecified atom stereocenters. The Hall–Kier alpha value is -0.990. The molecular formula is C4H4FN2-. The van der Waals surface area contributed by atoms with Crippen molar-refractivity contribution in [2.75, 3.05) is 0 Å². The maximum atomic E-state index is 11.4. The third-order valence-corrected chi connectivity index (χ3v) is 0.638. The van der Waals surface area contributed by atoms with Crippen LogP contribution in [0.2, 0.25) is 0 Å². The van der Waals surface area contributed by atoms with Crippen molar-refractivity contribution in [3.63, 3.8) is 0 Å². The number of rotatable bonds is 1. The summed E-state index contributed by atoms with van der Waals surface area (Å²) in [5, 5.41) is 0. The van der Waals surface area contributed by atoms with E-state index in [0.717, 1.165) is 0 Å². The summed E-state index contributed by atoms with van der Waals surface area (Å²) in [5.74, 6) is 0. The van der Waals surface area contributed by atoms with E-state index in [-0.39, 0.29) is 0 Å². The molecule has 1 rings (SSSR count). The van der Waals surface area contributed by atoms with Gasteiger partial charge in [0.05, 0.1) is 0 Å². The maximum absolute atomic E-state index is 11.4. The molecule has 0 saturated heterocycles. The Morgan fingerprint density at radius 1 is 1.71 bits per heavy atom. The molecule has 0 N–H and O–H groups in total. The van der Waals surface area contributed by atoms with Gasteiger partial charge in [-0.15, -0.1) is 0 Å². The van der Waals surface area contributed by atoms with E-state index in [1.165, 1.54) is 23.3 Å². The van der Waals surface area contributed by atoms with Crippen LogP contribution in [-0.2, 0) is 0 Å². The molecule has 0 amide bonds. The van der Waals surface area contributed by atoms with Gasteiger partial charge in [-0.2, -0.15) is 0 Å². The molecule has 0 radical (unpaired) electrons. The SMILES string of the molecule is F[CH-]n1ccnc1. The molecule has 0 aliphatic heterocycles. The van der Waals surface area contributed by atoms with Crippen molar-refractivity contribution in [1.82, 2.24) is 9.55 Å². The molecule has 0 bridgehead atoms. The number of aromatic nitrogens is 2. The molecule has 0 spiro atoms. The normalized spacial score (nSPS) is 8.71. The molecule has 1 aromatic heterocycles. The second-order valence-electron chi connectivity index (χ2n) is 1.11. The van der Waals surface area contributed by atoms with Gasteiger partial charge in [-0.1, -0.05) is 6.20 Å². The van der Waals surface area contributed by atoms with Gasteiger partial charge in [0.1, 0.15) is 0 Å². The second kappa shape index (κ2) is 1.64. The van der Waals surface area contributed by atoms with Crippen LogP contribution in [0.5, 0.6) is 0 Å². The van der Waals surface area contributed by atoms with Crippen molar-refractivity contribution in [2.45, 2.75) is 0 Å². The van der Waals surface area contributed by atoms with Crippen LogP contribution in [0.4, 0.5) is 4.39 Å². The topological polar surface area (TPSA) is 17.8 Å². The van der Waals surface area contributed by atoms with Crippen LogP contribution < -0.4 is 0 Å². The standard InChI is InChI=1S/C4H4FN2/c5-3-7-2-1-6-4-7/h1-4H/q-1. The highest BCUT2D eigenvalue weighted by atomic mass is 19.1. The number of nitrogens with zero attached hydrogens (tertiary/aromatic N) is 2. The Morgan fingerprint density at radius 3 is 2.86 bits per heavy atom. The molecule has 7 heavy (non-hydrogen) atoms. The average molecular weight is 99.1 g/mol. The first kappa shape index (κ1) is 4.18. The van der Waals surface area contributed by atoms with Crippen molar-refractivity contribution in [3.8, 4) is 0 Å². The summed E-state index contributed by atoms with van der Waals surface area (Å²) in [5.41, 5.74) is 0. The van der Waals surface area contributed by atoms with Crippen LogP contribution in [0.1, 0.15) is 0 Å². The maximum Gasteiger partial charge on any atom is 0.0489 e. The van der Waals surface area contributed by atoms with Crippen molar-refractivity contribution in [1.29, 1.82) is 0 Å². The molecule has 3 heteroatoms. The van der Waals surface area contributed by atoms with Crippen LogP contribution in [-0.4, -0.2) is 9.55 Å². The van der Waals surface area contributed by atoms with Crippen molar-refractivity contribution >= 4 is 0 Å². The fraction of sp³-hybridized carbons (Fsp3) is 0. The van der Waals surface area contributed by atoms with E-state index in [0.29, 0.717) is 6.80 Å². The molecule has 0 atom stereocenters. The first-order valence-electron chi connectivity index (χ1n) is 1.84. The Labute approximate surface area is 40.6 Å². The average Bonchev–Trinajstić information content (AvgIpc) is 2.14. The number of imidazole rings is 1. The van der Waals surface area contributed by atoms with Crippen LogP contribution in [0.3, 0.4) is 0 Å². The van der Waals surface area contributed by atoms with E-state index in [1.54, 1.807) is 0 Å². The molecule has 38 valence electrons. The molecular weight excluding hydrogens is 95.1 g/mol. The lowest BCUT2D eigenvalue weighted by Crippen LogP contribution is -1.81. The molecule has 0 saturated carbocycles. The largest absolute Gasteiger partial charge is 0.448 e. The van der Waals surface area contributed by atoms with Crippen molar-refractivity contribution in [3.05, 3.63) is 25.5 Å². The minimum Gasteiger partial charge on any atom is -0.448 e. The van der Waals surface area contributed by atoms with Crippen molar-refractivity contribution in [2.24, 2.45) is 0 Å². The number of halogens is 1. The van der Waals surface area contributed by atoms with E-state index in [2.05, 4.69) is 4.98 Å². The van der Waals surface area contributed by atoms with Gasteiger partial charge in [0.2, 0.25) is 0 Å². The smallest absolute Gasteiger partial charge is 0.0489 e. The lowest BCUT2D eigenvalue weighted by Gasteiger charge is -1.96. The summed E-state index contributed by atoms with van der Waals surface area (Å²) in [7, 11) is 0. The van der Waals surface area contributed by atoms with Gasteiger partial charge in [0.15, 0.2) is 0 Å². The van der Waals surface area contributed by atoms with Gasteiger partial charge in [-0.3, -0.25) is 4.39 Å². The summed E-state index contributed by atoms with van der Waals surface area (Å²) in [6.45, 7) is 0.438. The van der Waals surface area contributed by atoms with Crippen LogP contribution in [0.25, 0.3) is 0 Å². The molecule has 0 aromatic carbocycles. The Morgan fingerprint density at radius 2 is 2.57 bits per heavy atom. The van der Waals surface area contributed by atoms with Gasteiger partial charge in [0, 0.05) is 6.80 Å². The first-order valence-corrected chi connectivity index (χ1v) is 1.84. The molecule has 0 aliphatic carbocycles. The van der Waals surface area contributed by atoms with Gasteiger partial charge in [-0.25, -0.2) is 0 Å². The lowest BCUT2D eigenvalue weighted by molar-refractivity contribution is 0.554. The van der Waals surface area contributed by atoms with Gasteiger partial charge >= 0.3 is 0 Å². The van der Waals surface area contributed by atoms with Crippen molar-refractivity contribution < 1.29 is 4.39 Å². The third-order valence-electron chi connectivity index (χ3n) is 0.638. The molecule has 2 nitrogen and oxygen atoms in total. The Bertz CT molecular complexity index is 124. The molecule has 1 aromatic rings. The molecule has 1 heterocycles. The Kier molecular flexibility index (Phi) is 0.978. The zero-order valence-electron chi connectivity index (χ0n) is 3.58. The van der Waals surface area contributed by atoms with Gasteiger partial charge in [0.25, 0.3) is 0 Å². The molecule has 0 aliphatic rings. The minimum absolute atomic E-state index is 0.438. The zero-order valence-corrected chi connectivity index (χ0v) is 3.58. The zero-order chi connectivity index (χ0) is 5.11. The quantitative estimate of drug-likeness (QED) is 0.476. The van der Waals surface area contributed by atoms with E-state index in [9.17, 15) is 4.39 Å². The minimum atomic E-state index is 0.438. The number of hydrogen-bond donors (Lipinski definition) is 0. The van der Waals surface area contributed by atoms with Crippen LogP contribution in [0.15, 0.2) is 18.7 Å².